The number of ether oxygens (including phenoxy) is 1. The molecule has 1 N–H and O–H groups in total. The van der Waals surface area contributed by atoms with Gasteiger partial charge in [-0.2, -0.15) is 0 Å². The summed E-state index contributed by atoms with van der Waals surface area (Å²) in [5.41, 5.74) is 2.67. The number of morpholine rings is 1. The Kier molecular flexibility index (Phi) is 7.34. The van der Waals surface area contributed by atoms with Crippen LogP contribution in [0.5, 0.6) is 0 Å². The van der Waals surface area contributed by atoms with Gasteiger partial charge in [-0.3, -0.25) is 9.69 Å². The molecule has 2 atom stereocenters. The maximum Gasteiger partial charge on any atom is 0.255 e. The summed E-state index contributed by atoms with van der Waals surface area (Å²) in [5.74, 6) is -0.0229. The van der Waals surface area contributed by atoms with Gasteiger partial charge in [-0.1, -0.05) is 18.2 Å². The lowest BCUT2D eigenvalue weighted by Gasteiger charge is -2.44. The number of piperazine rings is 1. The number of amides is 1. The first-order valence-electron chi connectivity index (χ1n) is 12.7. The molecule has 0 spiro atoms. The van der Waals surface area contributed by atoms with Crippen molar-refractivity contribution in [1.82, 2.24) is 14.9 Å². The Balaban J connectivity index is 1.50. The molecule has 194 valence electrons. The van der Waals surface area contributed by atoms with E-state index >= 15 is 4.39 Å². The second kappa shape index (κ2) is 10.8. The summed E-state index contributed by atoms with van der Waals surface area (Å²) < 4.78 is 21.0. The summed E-state index contributed by atoms with van der Waals surface area (Å²) in [6.45, 7) is 8.48. The number of hydrogen-bond acceptors (Lipinski definition) is 7. The van der Waals surface area contributed by atoms with Gasteiger partial charge in [0.05, 0.1) is 24.6 Å². The molecule has 0 aliphatic carbocycles. The molecule has 1 amide bonds. The summed E-state index contributed by atoms with van der Waals surface area (Å²) in [4.78, 5) is 28.6. The van der Waals surface area contributed by atoms with E-state index in [1.165, 1.54) is 6.07 Å². The van der Waals surface area contributed by atoms with Crippen molar-refractivity contribution in [3.63, 3.8) is 0 Å². The van der Waals surface area contributed by atoms with Crippen molar-refractivity contribution in [3.8, 4) is 11.1 Å². The largest absolute Gasteiger partial charge is 0.378 e. The lowest BCUT2D eigenvalue weighted by Crippen LogP contribution is -2.55. The first-order chi connectivity index (χ1) is 17.9. The van der Waals surface area contributed by atoms with Gasteiger partial charge in [0.25, 0.3) is 5.91 Å². The van der Waals surface area contributed by atoms with Crippen LogP contribution in [0.3, 0.4) is 0 Å². The molecule has 0 radical (unpaired) electrons. The van der Waals surface area contributed by atoms with Gasteiger partial charge < -0.3 is 19.9 Å². The Hall–Kier alpha value is -3.56. The molecule has 2 unspecified atom stereocenters. The number of anilines is 3. The van der Waals surface area contributed by atoms with Crippen molar-refractivity contribution in [1.29, 1.82) is 0 Å². The fourth-order valence-corrected chi connectivity index (χ4v) is 4.92. The van der Waals surface area contributed by atoms with E-state index < -0.39 is 0 Å². The van der Waals surface area contributed by atoms with Crippen LogP contribution in [0.2, 0.25) is 0 Å². The Morgan fingerprint density at radius 3 is 2.30 bits per heavy atom. The number of nitrogens with zero attached hydrogens (tertiary/aromatic N) is 5. The minimum atomic E-state index is -0.380. The molecule has 0 bridgehead atoms. The maximum absolute atomic E-state index is 15.6. The van der Waals surface area contributed by atoms with Gasteiger partial charge in [0.1, 0.15) is 5.82 Å². The molecule has 3 aromatic rings. The predicted octanol–water partition coefficient (Wildman–Crippen LogP) is 3.90. The number of carbonyl (C=O) groups is 1. The molecule has 2 aliphatic rings. The fraction of sp³-hybridized carbons (Fsp3) is 0.393. The molecular formula is C28H33FN6O2. The van der Waals surface area contributed by atoms with E-state index in [1.807, 2.05) is 23.1 Å². The van der Waals surface area contributed by atoms with E-state index in [2.05, 4.69) is 46.0 Å². The molecule has 2 saturated heterocycles. The van der Waals surface area contributed by atoms with Gasteiger partial charge in [-0.15, -0.1) is 0 Å². The van der Waals surface area contributed by atoms with Crippen molar-refractivity contribution < 1.29 is 13.9 Å². The van der Waals surface area contributed by atoms with Crippen LogP contribution in [-0.2, 0) is 4.74 Å². The number of aromatic nitrogens is 2. The average molecular weight is 505 g/mol. The first kappa shape index (κ1) is 25.1. The van der Waals surface area contributed by atoms with Crippen LogP contribution >= 0.6 is 0 Å². The van der Waals surface area contributed by atoms with Crippen LogP contribution < -0.4 is 15.1 Å². The van der Waals surface area contributed by atoms with Gasteiger partial charge >= 0.3 is 0 Å². The number of likely N-dealkylation sites (N-methyl/N-ethyl adjacent to an activating group) is 1. The van der Waals surface area contributed by atoms with Crippen molar-refractivity contribution >= 4 is 23.2 Å². The molecular weight excluding hydrogens is 471 g/mol. The summed E-state index contributed by atoms with van der Waals surface area (Å²) in [6, 6.07) is 12.8. The van der Waals surface area contributed by atoms with Crippen LogP contribution in [0.1, 0.15) is 24.2 Å². The van der Waals surface area contributed by atoms with E-state index in [0.29, 0.717) is 47.2 Å². The molecule has 2 fully saturated rings. The maximum atomic E-state index is 15.6. The highest BCUT2D eigenvalue weighted by Crippen LogP contribution is 2.36. The zero-order valence-electron chi connectivity index (χ0n) is 21.5. The summed E-state index contributed by atoms with van der Waals surface area (Å²) in [6.07, 6.45) is 3.28. The minimum absolute atomic E-state index is 0.242. The van der Waals surface area contributed by atoms with Crippen molar-refractivity contribution in [2.24, 2.45) is 0 Å². The minimum Gasteiger partial charge on any atom is -0.378 e. The Morgan fingerprint density at radius 2 is 1.65 bits per heavy atom. The number of carbonyl (C=O) groups excluding carboxylic acids is 1. The van der Waals surface area contributed by atoms with Gasteiger partial charge in [0.15, 0.2) is 0 Å². The topological polar surface area (TPSA) is 73.8 Å². The highest BCUT2D eigenvalue weighted by Gasteiger charge is 2.29. The Morgan fingerprint density at radius 1 is 1.00 bits per heavy atom. The van der Waals surface area contributed by atoms with E-state index in [-0.39, 0.29) is 23.8 Å². The molecule has 2 aromatic carbocycles. The van der Waals surface area contributed by atoms with Crippen LogP contribution in [0.15, 0.2) is 54.9 Å². The lowest BCUT2D eigenvalue weighted by atomic mass is 10.0. The first-order valence-corrected chi connectivity index (χ1v) is 12.7. The summed E-state index contributed by atoms with van der Waals surface area (Å²) in [7, 11) is 2.11. The standard InChI is InChI=1S/C28H33FN6O2/c1-19-17-35(18-20(2)33(19)3)26-14-24(29)23(13-25(26)32-27(36)21-7-5-4-6-8-21)22-15-30-28(31-16-22)34-9-11-37-12-10-34/h4-8,13-16,19-20H,9-12,17-18H2,1-3H3,(H,32,36). The smallest absolute Gasteiger partial charge is 0.255 e. The number of halogens is 1. The fourth-order valence-electron chi connectivity index (χ4n) is 4.92. The zero-order valence-corrected chi connectivity index (χ0v) is 21.5. The number of benzene rings is 2. The monoisotopic (exact) mass is 504 g/mol. The second-order valence-electron chi connectivity index (χ2n) is 9.81. The molecule has 3 heterocycles. The molecule has 1 aromatic heterocycles. The number of nitrogens with one attached hydrogen (secondary N) is 1. The molecule has 9 heteroatoms. The molecule has 5 rings (SSSR count). The Bertz CT molecular complexity index is 1220. The third-order valence-electron chi connectivity index (χ3n) is 7.31. The van der Waals surface area contributed by atoms with Crippen LogP contribution in [0.4, 0.5) is 21.7 Å². The van der Waals surface area contributed by atoms with E-state index in [9.17, 15) is 4.79 Å². The summed E-state index contributed by atoms with van der Waals surface area (Å²) >= 11 is 0. The second-order valence-corrected chi connectivity index (χ2v) is 9.81. The molecule has 2 aliphatic heterocycles. The lowest BCUT2D eigenvalue weighted by molar-refractivity contribution is 0.102. The zero-order chi connectivity index (χ0) is 25.9. The average Bonchev–Trinajstić information content (AvgIpc) is 2.93. The normalized spacial score (nSPS) is 20.6. The van der Waals surface area contributed by atoms with Crippen molar-refractivity contribution in [2.75, 3.05) is 61.6 Å². The molecule has 8 nitrogen and oxygen atoms in total. The number of hydrogen-bond donors (Lipinski definition) is 1. The predicted molar refractivity (Wildman–Crippen MR) is 144 cm³/mol. The third-order valence-corrected chi connectivity index (χ3v) is 7.31. The van der Waals surface area contributed by atoms with Crippen molar-refractivity contribution in [2.45, 2.75) is 25.9 Å². The van der Waals surface area contributed by atoms with Gasteiger partial charge in [-0.25, -0.2) is 14.4 Å². The van der Waals surface area contributed by atoms with Gasteiger partial charge in [0, 0.05) is 67.3 Å². The van der Waals surface area contributed by atoms with Crippen LogP contribution in [0.25, 0.3) is 11.1 Å². The van der Waals surface area contributed by atoms with E-state index in [1.54, 1.807) is 30.6 Å². The Labute approximate surface area is 217 Å². The molecule has 37 heavy (non-hydrogen) atoms. The third kappa shape index (κ3) is 5.42. The van der Waals surface area contributed by atoms with Crippen LogP contribution in [0, 0.1) is 5.82 Å². The number of rotatable bonds is 5. The highest BCUT2D eigenvalue weighted by molar-refractivity contribution is 6.06. The van der Waals surface area contributed by atoms with E-state index in [4.69, 9.17) is 4.74 Å². The van der Waals surface area contributed by atoms with Gasteiger partial charge in [-0.05, 0) is 45.2 Å². The quantitative estimate of drug-likeness (QED) is 0.565. The van der Waals surface area contributed by atoms with E-state index in [0.717, 1.165) is 26.2 Å². The molecule has 0 saturated carbocycles. The van der Waals surface area contributed by atoms with Gasteiger partial charge in [0.2, 0.25) is 5.95 Å². The highest BCUT2D eigenvalue weighted by atomic mass is 19.1. The SMILES string of the molecule is CC1CN(c2cc(F)c(-c3cnc(N4CCOCC4)nc3)cc2NC(=O)c2ccccc2)CC(C)N1C. The summed E-state index contributed by atoms with van der Waals surface area (Å²) in [5, 5.41) is 3.04. The van der Waals surface area contributed by atoms with Crippen molar-refractivity contribution in [3.05, 3.63) is 66.2 Å². The van der Waals surface area contributed by atoms with Crippen LogP contribution in [-0.4, -0.2) is 79.3 Å².